The maximum atomic E-state index is 10.4. The van der Waals surface area contributed by atoms with Crippen LogP contribution in [-0.2, 0) is 11.2 Å². The van der Waals surface area contributed by atoms with Gasteiger partial charge in [0.1, 0.15) is 0 Å². The Balaban J connectivity index is 2.54. The van der Waals surface area contributed by atoms with Gasteiger partial charge in [0, 0.05) is 6.42 Å². The molecule has 0 aliphatic rings. The summed E-state index contributed by atoms with van der Waals surface area (Å²) in [5, 5.41) is 16.9. The Morgan fingerprint density at radius 3 is 2.62 bits per heavy atom. The zero-order valence-electron chi connectivity index (χ0n) is 8.89. The van der Waals surface area contributed by atoms with Crippen LogP contribution in [0, 0.1) is 11.3 Å². The van der Waals surface area contributed by atoms with E-state index in [0.29, 0.717) is 12.8 Å². The quantitative estimate of drug-likeness (QED) is 0.821. The van der Waals surface area contributed by atoms with Gasteiger partial charge in [-0.3, -0.25) is 4.79 Å². The van der Waals surface area contributed by atoms with Crippen molar-refractivity contribution < 1.29 is 9.90 Å². The number of allylic oxidation sites excluding steroid dienone is 1. The van der Waals surface area contributed by atoms with Gasteiger partial charge in [0.05, 0.1) is 12.5 Å². The first-order chi connectivity index (χ1) is 7.72. The number of aryl methyl sites for hydroxylation is 1. The second-order valence-electron chi connectivity index (χ2n) is 3.40. The number of aliphatic carboxylic acids is 1. The molecule has 0 aromatic heterocycles. The molecule has 0 fully saturated rings. The van der Waals surface area contributed by atoms with Crippen molar-refractivity contribution >= 4 is 12.0 Å². The second-order valence-corrected chi connectivity index (χ2v) is 3.40. The van der Waals surface area contributed by atoms with Crippen molar-refractivity contribution in [1.29, 1.82) is 5.26 Å². The summed E-state index contributed by atoms with van der Waals surface area (Å²) in [5.74, 6) is -0.780. The minimum absolute atomic E-state index is 0.156. The van der Waals surface area contributed by atoms with Gasteiger partial charge in [0.15, 0.2) is 0 Å². The van der Waals surface area contributed by atoms with Crippen molar-refractivity contribution in [3.05, 3.63) is 41.5 Å². The Morgan fingerprint density at radius 1 is 1.38 bits per heavy atom. The van der Waals surface area contributed by atoms with Gasteiger partial charge in [0.25, 0.3) is 0 Å². The van der Waals surface area contributed by atoms with Gasteiger partial charge < -0.3 is 5.11 Å². The molecule has 0 spiro atoms. The molecular weight excluding hydrogens is 202 g/mol. The Kier molecular flexibility index (Phi) is 4.81. The standard InChI is InChI=1S/C13H13NO2/c14-10-2-1-3-11-4-6-12(7-5-11)8-9-13(15)16/h1,3-7H,2,8-9H2,(H,15,16). The Hall–Kier alpha value is -2.08. The molecule has 1 aromatic carbocycles. The summed E-state index contributed by atoms with van der Waals surface area (Å²) >= 11 is 0. The van der Waals surface area contributed by atoms with Gasteiger partial charge in [-0.1, -0.05) is 36.4 Å². The highest BCUT2D eigenvalue weighted by molar-refractivity contribution is 5.67. The highest BCUT2D eigenvalue weighted by atomic mass is 16.4. The summed E-state index contributed by atoms with van der Waals surface area (Å²) in [5.41, 5.74) is 2.04. The van der Waals surface area contributed by atoms with Crippen molar-refractivity contribution in [1.82, 2.24) is 0 Å². The van der Waals surface area contributed by atoms with Gasteiger partial charge in [-0.2, -0.15) is 5.26 Å². The number of carbonyl (C=O) groups is 1. The number of hydrogen-bond acceptors (Lipinski definition) is 2. The summed E-state index contributed by atoms with van der Waals surface area (Å²) in [6.45, 7) is 0. The lowest BCUT2D eigenvalue weighted by molar-refractivity contribution is -0.136. The summed E-state index contributed by atoms with van der Waals surface area (Å²) in [4.78, 5) is 10.4. The Labute approximate surface area is 94.6 Å². The zero-order valence-corrected chi connectivity index (χ0v) is 8.89. The molecule has 1 aromatic rings. The zero-order chi connectivity index (χ0) is 11.8. The van der Waals surface area contributed by atoms with Crippen molar-refractivity contribution in [2.24, 2.45) is 0 Å². The van der Waals surface area contributed by atoms with Crippen molar-refractivity contribution in [3.8, 4) is 6.07 Å². The summed E-state index contributed by atoms with van der Waals surface area (Å²) in [6.07, 6.45) is 4.79. The lowest BCUT2D eigenvalue weighted by Gasteiger charge is -1.99. The van der Waals surface area contributed by atoms with E-state index >= 15 is 0 Å². The molecule has 3 nitrogen and oxygen atoms in total. The fraction of sp³-hybridized carbons (Fsp3) is 0.231. The SMILES string of the molecule is N#CCC=Cc1ccc(CCC(=O)O)cc1. The van der Waals surface area contributed by atoms with Crippen LogP contribution in [0.2, 0.25) is 0 Å². The molecule has 1 rings (SSSR count). The predicted octanol–water partition coefficient (Wildman–Crippen LogP) is 2.63. The number of nitrogens with zero attached hydrogens (tertiary/aromatic N) is 1. The molecule has 0 atom stereocenters. The molecule has 0 saturated carbocycles. The van der Waals surface area contributed by atoms with E-state index in [1.54, 1.807) is 6.08 Å². The van der Waals surface area contributed by atoms with E-state index < -0.39 is 5.97 Å². The molecule has 3 heteroatoms. The van der Waals surface area contributed by atoms with Gasteiger partial charge in [-0.05, 0) is 17.5 Å². The number of rotatable bonds is 5. The average Bonchev–Trinajstić information content (AvgIpc) is 2.28. The fourth-order valence-electron chi connectivity index (χ4n) is 1.29. The minimum Gasteiger partial charge on any atom is -0.481 e. The third kappa shape index (κ3) is 4.43. The molecular formula is C13H13NO2. The third-order valence-corrected chi connectivity index (χ3v) is 2.13. The van der Waals surface area contributed by atoms with Crippen molar-refractivity contribution in [3.63, 3.8) is 0 Å². The van der Waals surface area contributed by atoms with E-state index in [2.05, 4.69) is 0 Å². The van der Waals surface area contributed by atoms with Crippen LogP contribution in [0.1, 0.15) is 24.0 Å². The molecule has 0 amide bonds. The monoisotopic (exact) mass is 215 g/mol. The maximum absolute atomic E-state index is 10.4. The topological polar surface area (TPSA) is 61.1 Å². The van der Waals surface area contributed by atoms with Crippen LogP contribution in [0.3, 0.4) is 0 Å². The average molecular weight is 215 g/mol. The maximum Gasteiger partial charge on any atom is 0.303 e. The molecule has 0 aliphatic heterocycles. The Bertz CT molecular complexity index is 413. The lowest BCUT2D eigenvalue weighted by Crippen LogP contribution is -1.97. The van der Waals surface area contributed by atoms with Crippen molar-refractivity contribution in [2.75, 3.05) is 0 Å². The molecule has 16 heavy (non-hydrogen) atoms. The van der Waals surface area contributed by atoms with Crippen LogP contribution in [-0.4, -0.2) is 11.1 Å². The first-order valence-electron chi connectivity index (χ1n) is 5.06. The molecule has 0 aliphatic carbocycles. The van der Waals surface area contributed by atoms with Gasteiger partial charge in [-0.25, -0.2) is 0 Å². The molecule has 0 radical (unpaired) electrons. The third-order valence-electron chi connectivity index (χ3n) is 2.13. The summed E-state index contributed by atoms with van der Waals surface area (Å²) in [6, 6.07) is 9.70. The minimum atomic E-state index is -0.780. The number of benzene rings is 1. The number of nitriles is 1. The predicted molar refractivity (Wildman–Crippen MR) is 61.7 cm³/mol. The summed E-state index contributed by atoms with van der Waals surface area (Å²) < 4.78 is 0. The molecule has 0 bridgehead atoms. The lowest BCUT2D eigenvalue weighted by atomic mass is 10.1. The first kappa shape index (κ1) is 12.0. The number of hydrogen-bond donors (Lipinski definition) is 1. The van der Waals surface area contributed by atoms with Crippen LogP contribution in [0.5, 0.6) is 0 Å². The van der Waals surface area contributed by atoms with E-state index in [1.165, 1.54) is 0 Å². The van der Waals surface area contributed by atoms with Crippen LogP contribution in [0.25, 0.3) is 6.08 Å². The smallest absolute Gasteiger partial charge is 0.303 e. The highest BCUT2D eigenvalue weighted by Crippen LogP contribution is 2.08. The van der Waals surface area contributed by atoms with E-state index in [4.69, 9.17) is 10.4 Å². The van der Waals surface area contributed by atoms with Gasteiger partial charge in [-0.15, -0.1) is 0 Å². The first-order valence-corrected chi connectivity index (χ1v) is 5.06. The van der Waals surface area contributed by atoms with Crippen LogP contribution >= 0.6 is 0 Å². The van der Waals surface area contributed by atoms with Gasteiger partial charge >= 0.3 is 5.97 Å². The largest absolute Gasteiger partial charge is 0.481 e. The molecule has 1 N–H and O–H groups in total. The summed E-state index contributed by atoms with van der Waals surface area (Å²) in [7, 11) is 0. The van der Waals surface area contributed by atoms with Crippen LogP contribution < -0.4 is 0 Å². The normalized spacial score (nSPS) is 10.2. The molecule has 82 valence electrons. The van der Waals surface area contributed by atoms with E-state index in [9.17, 15) is 4.79 Å². The highest BCUT2D eigenvalue weighted by Gasteiger charge is 1.98. The van der Waals surface area contributed by atoms with Crippen LogP contribution in [0.4, 0.5) is 0 Å². The van der Waals surface area contributed by atoms with E-state index in [0.717, 1.165) is 11.1 Å². The van der Waals surface area contributed by atoms with E-state index in [1.807, 2.05) is 36.4 Å². The number of carboxylic acids is 1. The molecule has 0 heterocycles. The molecule has 0 saturated heterocycles. The second kappa shape index (κ2) is 6.41. The van der Waals surface area contributed by atoms with Gasteiger partial charge in [0.2, 0.25) is 0 Å². The number of carboxylic acid groups (broad SMARTS) is 1. The Morgan fingerprint density at radius 2 is 2.06 bits per heavy atom. The van der Waals surface area contributed by atoms with E-state index in [-0.39, 0.29) is 6.42 Å². The van der Waals surface area contributed by atoms with Crippen LogP contribution in [0.15, 0.2) is 30.3 Å². The fourth-order valence-corrected chi connectivity index (χ4v) is 1.29. The van der Waals surface area contributed by atoms with Crippen molar-refractivity contribution in [2.45, 2.75) is 19.3 Å². The molecule has 0 unspecified atom stereocenters.